The molecule has 2 atom stereocenters. The highest BCUT2D eigenvalue weighted by Crippen LogP contribution is 2.42. The molecule has 3 N–H and O–H groups in total. The molecule has 0 saturated heterocycles. The van der Waals surface area contributed by atoms with E-state index in [-0.39, 0.29) is 23.5 Å². The van der Waals surface area contributed by atoms with Gasteiger partial charge in [-0.05, 0) is 12.3 Å². The van der Waals surface area contributed by atoms with Crippen molar-refractivity contribution in [3.8, 4) is 6.07 Å². The van der Waals surface area contributed by atoms with E-state index in [1.54, 1.807) is 12.5 Å². The summed E-state index contributed by atoms with van der Waals surface area (Å²) in [4.78, 5) is 17.1. The van der Waals surface area contributed by atoms with E-state index in [0.717, 1.165) is 11.3 Å². The molecule has 27 heavy (non-hydrogen) atoms. The van der Waals surface area contributed by atoms with Crippen molar-refractivity contribution < 1.29 is 5.11 Å². The topological polar surface area (TPSA) is 120 Å². The maximum Gasteiger partial charge on any atom is 0.224 e. The number of aliphatic hydroxyl groups excluding tert-OH is 1. The first-order valence-electron chi connectivity index (χ1n) is 9.07. The summed E-state index contributed by atoms with van der Waals surface area (Å²) < 4.78 is 0. The maximum atomic E-state index is 9.92. The number of nitrogens with zero attached hydrogens (tertiary/aromatic N) is 5. The highest BCUT2D eigenvalue weighted by atomic mass is 16.3. The van der Waals surface area contributed by atoms with Crippen LogP contribution in [0.1, 0.15) is 56.9 Å². The Labute approximate surface area is 159 Å². The average molecular weight is 367 g/mol. The molecule has 142 valence electrons. The molecule has 2 aromatic heterocycles. The third-order valence-electron chi connectivity index (χ3n) is 5.24. The Morgan fingerprint density at radius 3 is 2.74 bits per heavy atom. The Kier molecular flexibility index (Phi) is 5.24. The normalized spacial score (nSPS) is 20.6. The zero-order valence-corrected chi connectivity index (χ0v) is 16.1. The molecule has 0 bridgehead atoms. The molecule has 8 nitrogen and oxygen atoms in total. The Bertz CT molecular complexity index is 859. The van der Waals surface area contributed by atoms with Gasteiger partial charge in [0.05, 0.1) is 18.0 Å². The highest BCUT2D eigenvalue weighted by molar-refractivity contribution is 5.54. The number of nitrogens with one attached hydrogen (secondary N) is 2. The van der Waals surface area contributed by atoms with Crippen molar-refractivity contribution in [1.29, 1.82) is 5.26 Å². The minimum absolute atomic E-state index is 0.0532. The van der Waals surface area contributed by atoms with Crippen LogP contribution >= 0.6 is 0 Å². The van der Waals surface area contributed by atoms with Crippen molar-refractivity contribution >= 4 is 11.8 Å². The fraction of sp³-hybridized carbons (Fsp3) is 0.526. The standard InChI is InChI=1S/C19H25N7O/c1-11(2)16-13(7-21-10-24-16)9-23-18-22-8-12(6-20)17(26-18)25-14-5-15(27)19(14,3)4/h7-8,10-11,14-15,27H,5,9H2,1-4H3,(H2,22,23,25,26)/t14-,15+/m0/s1. The van der Waals surface area contributed by atoms with Gasteiger partial charge in [0.25, 0.3) is 0 Å². The van der Waals surface area contributed by atoms with E-state index in [0.29, 0.717) is 30.3 Å². The molecule has 1 aliphatic carbocycles. The first-order valence-corrected chi connectivity index (χ1v) is 9.07. The van der Waals surface area contributed by atoms with Crippen molar-refractivity contribution in [3.05, 3.63) is 35.5 Å². The van der Waals surface area contributed by atoms with Gasteiger partial charge in [-0.3, -0.25) is 0 Å². The molecule has 0 amide bonds. The zero-order valence-electron chi connectivity index (χ0n) is 16.1. The molecule has 0 aliphatic heterocycles. The van der Waals surface area contributed by atoms with Crippen LogP contribution in [0.4, 0.5) is 11.8 Å². The molecule has 1 aliphatic rings. The van der Waals surface area contributed by atoms with Crippen molar-refractivity contribution in [3.63, 3.8) is 0 Å². The van der Waals surface area contributed by atoms with Crippen LogP contribution in [-0.2, 0) is 6.54 Å². The van der Waals surface area contributed by atoms with E-state index >= 15 is 0 Å². The molecule has 1 saturated carbocycles. The van der Waals surface area contributed by atoms with Crippen LogP contribution in [0.15, 0.2) is 18.7 Å². The van der Waals surface area contributed by atoms with Crippen LogP contribution in [0.25, 0.3) is 0 Å². The average Bonchev–Trinajstić information content (AvgIpc) is 2.66. The number of aromatic nitrogens is 4. The van der Waals surface area contributed by atoms with Crippen molar-refractivity contribution in [2.24, 2.45) is 5.41 Å². The van der Waals surface area contributed by atoms with Crippen LogP contribution < -0.4 is 10.6 Å². The summed E-state index contributed by atoms with van der Waals surface area (Å²) in [7, 11) is 0. The lowest BCUT2D eigenvalue weighted by molar-refractivity contribution is -0.0511. The molecule has 1 fully saturated rings. The SMILES string of the molecule is CC(C)c1ncncc1CNc1ncc(C#N)c(N[C@H]2C[C@@H](O)C2(C)C)n1. The number of aliphatic hydroxyl groups is 1. The van der Waals surface area contributed by atoms with Crippen LogP contribution in [0.3, 0.4) is 0 Å². The van der Waals surface area contributed by atoms with Crippen LogP contribution in [0, 0.1) is 16.7 Å². The van der Waals surface area contributed by atoms with Gasteiger partial charge in [0.1, 0.15) is 23.8 Å². The van der Waals surface area contributed by atoms with Gasteiger partial charge in [-0.2, -0.15) is 10.2 Å². The summed E-state index contributed by atoms with van der Waals surface area (Å²) in [5, 5.41) is 25.7. The van der Waals surface area contributed by atoms with E-state index < -0.39 is 0 Å². The molecular weight excluding hydrogens is 342 g/mol. The van der Waals surface area contributed by atoms with E-state index in [1.807, 2.05) is 13.8 Å². The van der Waals surface area contributed by atoms with Crippen molar-refractivity contribution in [2.75, 3.05) is 10.6 Å². The van der Waals surface area contributed by atoms with Gasteiger partial charge in [0, 0.05) is 29.8 Å². The summed E-state index contributed by atoms with van der Waals surface area (Å²) in [6, 6.07) is 2.17. The minimum atomic E-state index is -0.354. The molecule has 0 aromatic carbocycles. The van der Waals surface area contributed by atoms with E-state index in [2.05, 4.69) is 50.5 Å². The van der Waals surface area contributed by atoms with Gasteiger partial charge in [-0.25, -0.2) is 15.0 Å². The van der Waals surface area contributed by atoms with Crippen LogP contribution in [0.5, 0.6) is 0 Å². The van der Waals surface area contributed by atoms with Crippen LogP contribution in [-0.4, -0.2) is 37.2 Å². The quantitative estimate of drug-likeness (QED) is 0.712. The number of anilines is 2. The lowest BCUT2D eigenvalue weighted by Gasteiger charge is -2.49. The molecule has 0 spiro atoms. The highest BCUT2D eigenvalue weighted by Gasteiger charge is 2.47. The second-order valence-electron chi connectivity index (χ2n) is 7.78. The predicted octanol–water partition coefficient (Wildman–Crippen LogP) is 2.45. The number of hydrogen-bond donors (Lipinski definition) is 3. The number of rotatable bonds is 6. The summed E-state index contributed by atoms with van der Waals surface area (Å²) in [6.45, 7) is 8.65. The molecule has 2 aromatic rings. The Morgan fingerprint density at radius 1 is 1.33 bits per heavy atom. The van der Waals surface area contributed by atoms with Gasteiger partial charge in [-0.15, -0.1) is 0 Å². The van der Waals surface area contributed by atoms with Crippen molar-refractivity contribution in [1.82, 2.24) is 19.9 Å². The lowest BCUT2D eigenvalue weighted by atomic mass is 9.64. The number of nitriles is 1. The van der Waals surface area contributed by atoms with E-state index in [4.69, 9.17) is 0 Å². The predicted molar refractivity (Wildman–Crippen MR) is 102 cm³/mol. The smallest absolute Gasteiger partial charge is 0.224 e. The fourth-order valence-corrected chi connectivity index (χ4v) is 3.17. The van der Waals surface area contributed by atoms with Gasteiger partial charge < -0.3 is 15.7 Å². The summed E-state index contributed by atoms with van der Waals surface area (Å²) >= 11 is 0. The Hall–Kier alpha value is -2.79. The maximum absolute atomic E-state index is 9.92. The zero-order chi connectivity index (χ0) is 19.6. The molecule has 0 unspecified atom stereocenters. The van der Waals surface area contributed by atoms with Crippen molar-refractivity contribution in [2.45, 2.75) is 58.7 Å². The first-order chi connectivity index (χ1) is 12.8. The van der Waals surface area contributed by atoms with Gasteiger partial charge in [-0.1, -0.05) is 27.7 Å². The summed E-state index contributed by atoms with van der Waals surface area (Å²) in [5.41, 5.74) is 2.08. The Morgan fingerprint density at radius 2 is 2.11 bits per heavy atom. The number of hydrogen-bond acceptors (Lipinski definition) is 8. The largest absolute Gasteiger partial charge is 0.392 e. The second kappa shape index (κ2) is 7.45. The summed E-state index contributed by atoms with van der Waals surface area (Å²) in [5.74, 6) is 1.19. The summed E-state index contributed by atoms with van der Waals surface area (Å²) in [6.07, 6.45) is 5.12. The monoisotopic (exact) mass is 367 g/mol. The van der Waals surface area contributed by atoms with Gasteiger partial charge in [0.15, 0.2) is 0 Å². The fourth-order valence-electron chi connectivity index (χ4n) is 3.17. The molecule has 3 rings (SSSR count). The van der Waals surface area contributed by atoms with Crippen LogP contribution in [0.2, 0.25) is 0 Å². The molecule has 8 heteroatoms. The third kappa shape index (κ3) is 3.83. The lowest BCUT2D eigenvalue weighted by Crippen LogP contribution is -2.57. The van der Waals surface area contributed by atoms with Gasteiger partial charge >= 0.3 is 0 Å². The van der Waals surface area contributed by atoms with Gasteiger partial charge in [0.2, 0.25) is 5.95 Å². The minimum Gasteiger partial charge on any atom is -0.392 e. The Balaban J connectivity index is 1.75. The second-order valence-corrected chi connectivity index (χ2v) is 7.78. The molecule has 2 heterocycles. The first kappa shape index (κ1) is 19.0. The third-order valence-corrected chi connectivity index (χ3v) is 5.24. The van der Waals surface area contributed by atoms with E-state index in [1.165, 1.54) is 6.20 Å². The van der Waals surface area contributed by atoms with E-state index in [9.17, 15) is 10.4 Å². The molecule has 0 radical (unpaired) electrons. The molecular formula is C19H25N7O.